The molecule has 0 aliphatic rings. The standard InChI is InChI=1S/C9H10F3N3S/c10-9(11,12)3-5-14-6-2-1-4-15-7(6)8(13)16/h1-2,4,14H,3,5H2,(H2,13,16). The van der Waals surface area contributed by atoms with Crippen molar-refractivity contribution in [1.29, 1.82) is 0 Å². The maximum absolute atomic E-state index is 11.9. The molecule has 0 saturated carbocycles. The lowest BCUT2D eigenvalue weighted by Gasteiger charge is -2.11. The summed E-state index contributed by atoms with van der Waals surface area (Å²) in [5, 5.41) is 2.60. The van der Waals surface area contributed by atoms with E-state index in [-0.39, 0.29) is 11.5 Å². The maximum atomic E-state index is 11.9. The van der Waals surface area contributed by atoms with Crippen molar-refractivity contribution in [2.45, 2.75) is 12.6 Å². The number of thiocarbonyl (C=S) groups is 1. The topological polar surface area (TPSA) is 50.9 Å². The van der Waals surface area contributed by atoms with E-state index in [2.05, 4.69) is 10.3 Å². The highest BCUT2D eigenvalue weighted by Gasteiger charge is 2.26. The lowest BCUT2D eigenvalue weighted by Crippen LogP contribution is -2.18. The number of nitrogens with two attached hydrogens (primary N) is 1. The fourth-order valence-corrected chi connectivity index (χ4v) is 1.25. The van der Waals surface area contributed by atoms with Gasteiger partial charge in [-0.1, -0.05) is 12.2 Å². The van der Waals surface area contributed by atoms with Gasteiger partial charge < -0.3 is 11.1 Å². The lowest BCUT2D eigenvalue weighted by molar-refractivity contribution is -0.131. The van der Waals surface area contributed by atoms with Gasteiger partial charge in [-0.3, -0.25) is 4.98 Å². The van der Waals surface area contributed by atoms with Gasteiger partial charge in [-0.15, -0.1) is 0 Å². The van der Waals surface area contributed by atoms with Gasteiger partial charge in [-0.2, -0.15) is 13.2 Å². The van der Waals surface area contributed by atoms with E-state index < -0.39 is 12.6 Å². The molecule has 0 aromatic carbocycles. The lowest BCUT2D eigenvalue weighted by atomic mass is 10.3. The Morgan fingerprint density at radius 3 is 2.75 bits per heavy atom. The van der Waals surface area contributed by atoms with Crippen molar-refractivity contribution in [2.24, 2.45) is 5.73 Å². The Morgan fingerprint density at radius 2 is 2.19 bits per heavy atom. The smallest absolute Gasteiger partial charge is 0.388 e. The second-order valence-corrected chi connectivity index (χ2v) is 3.50. The molecular formula is C9H10F3N3S. The Balaban J connectivity index is 2.64. The summed E-state index contributed by atoms with van der Waals surface area (Å²) >= 11 is 4.73. The first-order chi connectivity index (χ1) is 7.40. The fourth-order valence-electron chi connectivity index (χ4n) is 1.08. The van der Waals surface area contributed by atoms with Gasteiger partial charge in [-0.05, 0) is 12.1 Å². The summed E-state index contributed by atoms with van der Waals surface area (Å²) in [5.74, 6) is 0. The Hall–Kier alpha value is -1.37. The number of nitrogens with one attached hydrogen (secondary N) is 1. The van der Waals surface area contributed by atoms with Crippen molar-refractivity contribution in [3.8, 4) is 0 Å². The Morgan fingerprint density at radius 1 is 1.50 bits per heavy atom. The molecule has 1 aromatic rings. The van der Waals surface area contributed by atoms with Gasteiger partial charge >= 0.3 is 6.18 Å². The summed E-state index contributed by atoms with van der Waals surface area (Å²) in [4.78, 5) is 3.93. The van der Waals surface area contributed by atoms with Gasteiger partial charge in [0.05, 0.1) is 12.1 Å². The van der Waals surface area contributed by atoms with Gasteiger partial charge in [0.2, 0.25) is 0 Å². The van der Waals surface area contributed by atoms with E-state index in [0.29, 0.717) is 11.4 Å². The largest absolute Gasteiger partial charge is 0.390 e. The fraction of sp³-hybridized carbons (Fsp3) is 0.333. The molecule has 0 bridgehead atoms. The number of hydrogen-bond donors (Lipinski definition) is 2. The summed E-state index contributed by atoms with van der Waals surface area (Å²) in [5.41, 5.74) is 6.10. The molecular weight excluding hydrogens is 239 g/mol. The van der Waals surface area contributed by atoms with Gasteiger partial charge in [0, 0.05) is 12.7 Å². The first-order valence-electron chi connectivity index (χ1n) is 4.45. The van der Waals surface area contributed by atoms with Crippen LogP contribution in [0.25, 0.3) is 0 Å². The van der Waals surface area contributed by atoms with Crippen molar-refractivity contribution < 1.29 is 13.2 Å². The third-order valence-corrected chi connectivity index (χ3v) is 1.96. The van der Waals surface area contributed by atoms with Gasteiger partial charge in [0.1, 0.15) is 10.7 Å². The van der Waals surface area contributed by atoms with E-state index in [4.69, 9.17) is 18.0 Å². The summed E-state index contributed by atoms with van der Waals surface area (Å²) in [6.07, 6.45) is -3.62. The van der Waals surface area contributed by atoms with Crippen molar-refractivity contribution >= 4 is 22.9 Å². The molecule has 0 spiro atoms. The highest BCUT2D eigenvalue weighted by Crippen LogP contribution is 2.20. The van der Waals surface area contributed by atoms with E-state index in [0.717, 1.165) is 0 Å². The number of halogens is 3. The zero-order valence-electron chi connectivity index (χ0n) is 8.21. The maximum Gasteiger partial charge on any atom is 0.390 e. The SMILES string of the molecule is NC(=S)c1ncccc1NCCC(F)(F)F. The Bertz CT molecular complexity index is 379. The van der Waals surface area contributed by atoms with Gasteiger partial charge in [-0.25, -0.2) is 0 Å². The van der Waals surface area contributed by atoms with Crippen LogP contribution in [-0.2, 0) is 0 Å². The molecule has 0 unspecified atom stereocenters. The van der Waals surface area contributed by atoms with Gasteiger partial charge in [0.25, 0.3) is 0 Å². The first-order valence-corrected chi connectivity index (χ1v) is 4.86. The van der Waals surface area contributed by atoms with Crippen LogP contribution in [0.1, 0.15) is 12.1 Å². The van der Waals surface area contributed by atoms with Crippen LogP contribution in [0.15, 0.2) is 18.3 Å². The molecule has 3 N–H and O–H groups in total. The Labute approximate surface area is 95.9 Å². The average Bonchev–Trinajstić information content (AvgIpc) is 2.16. The van der Waals surface area contributed by atoms with E-state index >= 15 is 0 Å². The average molecular weight is 249 g/mol. The Kier molecular flexibility index (Phi) is 4.05. The molecule has 0 amide bonds. The van der Waals surface area contributed by atoms with Crippen molar-refractivity contribution in [3.05, 3.63) is 24.0 Å². The number of rotatable bonds is 4. The summed E-state index contributed by atoms with van der Waals surface area (Å²) in [7, 11) is 0. The molecule has 0 aliphatic heterocycles. The molecule has 0 radical (unpaired) electrons. The van der Waals surface area contributed by atoms with Crippen LogP contribution in [0, 0.1) is 0 Å². The molecule has 0 aliphatic carbocycles. The zero-order valence-corrected chi connectivity index (χ0v) is 9.03. The number of alkyl halides is 3. The molecule has 88 valence electrons. The van der Waals surface area contributed by atoms with Crippen molar-refractivity contribution in [3.63, 3.8) is 0 Å². The predicted octanol–water partition coefficient (Wildman–Crippen LogP) is 2.08. The normalized spacial score (nSPS) is 11.2. The van der Waals surface area contributed by atoms with Crippen LogP contribution in [0.5, 0.6) is 0 Å². The summed E-state index contributed by atoms with van der Waals surface area (Å²) < 4.78 is 35.7. The number of hydrogen-bond acceptors (Lipinski definition) is 3. The zero-order chi connectivity index (χ0) is 12.2. The van der Waals surface area contributed by atoms with Crippen molar-refractivity contribution in [2.75, 3.05) is 11.9 Å². The minimum Gasteiger partial charge on any atom is -0.388 e. The quantitative estimate of drug-likeness (QED) is 0.802. The molecule has 3 nitrogen and oxygen atoms in total. The van der Waals surface area contributed by atoms with E-state index in [9.17, 15) is 13.2 Å². The molecule has 16 heavy (non-hydrogen) atoms. The minimum atomic E-state index is -4.18. The number of nitrogens with zero attached hydrogens (tertiary/aromatic N) is 1. The highest BCUT2D eigenvalue weighted by molar-refractivity contribution is 7.80. The summed E-state index contributed by atoms with van der Waals surface area (Å²) in [6.45, 7) is -0.231. The highest BCUT2D eigenvalue weighted by atomic mass is 32.1. The molecule has 1 rings (SSSR count). The molecule has 1 heterocycles. The van der Waals surface area contributed by atoms with Crippen molar-refractivity contribution in [1.82, 2.24) is 4.98 Å². The predicted molar refractivity (Wildman–Crippen MR) is 59.3 cm³/mol. The molecule has 1 aromatic heterocycles. The summed E-state index contributed by atoms with van der Waals surface area (Å²) in [6, 6.07) is 3.18. The third-order valence-electron chi connectivity index (χ3n) is 1.77. The van der Waals surface area contributed by atoms with Crippen LogP contribution >= 0.6 is 12.2 Å². The van der Waals surface area contributed by atoms with Crippen LogP contribution in [0.4, 0.5) is 18.9 Å². The molecule has 0 saturated heterocycles. The van der Waals surface area contributed by atoms with E-state index in [1.54, 1.807) is 12.1 Å². The number of anilines is 1. The number of aromatic nitrogens is 1. The van der Waals surface area contributed by atoms with Crippen LogP contribution in [0.3, 0.4) is 0 Å². The van der Waals surface area contributed by atoms with E-state index in [1.165, 1.54) is 6.20 Å². The second kappa shape index (κ2) is 5.11. The van der Waals surface area contributed by atoms with Gasteiger partial charge in [0.15, 0.2) is 0 Å². The minimum absolute atomic E-state index is 0.0510. The second-order valence-electron chi connectivity index (χ2n) is 3.06. The van der Waals surface area contributed by atoms with Crippen LogP contribution < -0.4 is 11.1 Å². The third kappa shape index (κ3) is 4.01. The van der Waals surface area contributed by atoms with E-state index in [1.807, 2.05) is 0 Å². The molecule has 0 atom stereocenters. The number of pyridine rings is 1. The van der Waals surface area contributed by atoms with Crippen LogP contribution in [-0.4, -0.2) is 22.7 Å². The monoisotopic (exact) mass is 249 g/mol. The molecule has 0 fully saturated rings. The molecule has 7 heteroatoms. The van der Waals surface area contributed by atoms with Crippen LogP contribution in [0.2, 0.25) is 0 Å². The first kappa shape index (κ1) is 12.7.